The van der Waals surface area contributed by atoms with Crippen molar-refractivity contribution >= 4 is 39.7 Å². The van der Waals surface area contributed by atoms with Crippen molar-refractivity contribution in [2.24, 2.45) is 0 Å². The Labute approximate surface area is 270 Å². The van der Waals surface area contributed by atoms with Gasteiger partial charge in [0, 0.05) is 28.4 Å². The van der Waals surface area contributed by atoms with Crippen molar-refractivity contribution in [1.82, 2.24) is 10.6 Å². The van der Waals surface area contributed by atoms with Gasteiger partial charge in [-0.15, -0.1) is 0 Å². The SMILES string of the molecule is COP(=O)(CNC(=O)OC(C)(C)C)OC.COP(=O)(OC)C(C)NC(=O)OC(C)(C)C.O=C=O.O=C=O.[K+].[OH-]. The third kappa shape index (κ3) is 33.3. The number of hydrogen-bond donors (Lipinski definition) is 2. The van der Waals surface area contributed by atoms with Crippen LogP contribution in [0, 0.1) is 0 Å². The molecule has 1 atom stereocenters. The van der Waals surface area contributed by atoms with E-state index in [-0.39, 0.29) is 75.4 Å². The first-order chi connectivity index (χ1) is 16.7. The van der Waals surface area contributed by atoms with Crippen LogP contribution in [0.4, 0.5) is 9.59 Å². The number of rotatable bonds is 8. The molecule has 0 rings (SSSR count). The third-order valence-electron chi connectivity index (χ3n) is 3.08. The van der Waals surface area contributed by atoms with Crippen LogP contribution in [0.5, 0.6) is 0 Å². The van der Waals surface area contributed by atoms with Crippen molar-refractivity contribution in [2.75, 3.05) is 34.7 Å². The molecule has 0 spiro atoms. The standard InChI is InChI=1S/C9H20NO5P.C8H18NO5P.2CO2.K.H2O/c1-7(16(12,13-5)14-6)10-8(11)15-9(2,3)4;1-8(2,3)14-7(10)9-6-15(11,12-4)13-5;2*2-1-3;;/h7H,1-6H3,(H,10,11);6H2,1-5H3,(H,9,10);;;;1H2/q;;;;+1;/p-1. The number of carbonyl (C=O) groups is 2. The van der Waals surface area contributed by atoms with Crippen LogP contribution in [0.3, 0.4) is 0 Å². The van der Waals surface area contributed by atoms with Crippen molar-refractivity contribution in [2.45, 2.75) is 65.5 Å². The average molecular weight is 637 g/mol. The van der Waals surface area contributed by atoms with E-state index in [2.05, 4.69) is 19.7 Å². The van der Waals surface area contributed by atoms with Gasteiger partial charge in [0.2, 0.25) is 0 Å². The molecule has 226 valence electrons. The fraction of sp³-hybridized carbons (Fsp3) is 0.789. The predicted molar refractivity (Wildman–Crippen MR) is 128 cm³/mol. The van der Waals surface area contributed by atoms with Gasteiger partial charge in [0.25, 0.3) is 0 Å². The van der Waals surface area contributed by atoms with Gasteiger partial charge in [-0.25, -0.2) is 9.59 Å². The first-order valence-corrected chi connectivity index (χ1v) is 13.4. The van der Waals surface area contributed by atoms with Crippen LogP contribution in [0.25, 0.3) is 0 Å². The zero-order chi connectivity index (χ0) is 30.5. The summed E-state index contributed by atoms with van der Waals surface area (Å²) in [6, 6.07) is 0. The Balaban J connectivity index is -0.000000111. The number of nitrogens with one attached hydrogen (secondary N) is 2. The molecule has 0 aromatic carbocycles. The minimum Gasteiger partial charge on any atom is -0.870 e. The molecule has 2 amide bonds. The molecule has 0 saturated carbocycles. The van der Waals surface area contributed by atoms with Crippen molar-refractivity contribution in [1.29, 1.82) is 0 Å². The Morgan fingerprint density at radius 2 is 1.05 bits per heavy atom. The van der Waals surface area contributed by atoms with Gasteiger partial charge < -0.3 is 43.7 Å². The summed E-state index contributed by atoms with van der Waals surface area (Å²) in [5.74, 6) is -0.766. The van der Waals surface area contributed by atoms with Gasteiger partial charge >= 0.3 is 91.1 Å². The summed E-state index contributed by atoms with van der Waals surface area (Å²) >= 11 is 0. The predicted octanol–water partition coefficient (Wildman–Crippen LogP) is -0.0423. The van der Waals surface area contributed by atoms with Crippen molar-refractivity contribution in [3.63, 3.8) is 0 Å². The maximum Gasteiger partial charge on any atom is 1.00 e. The minimum atomic E-state index is -3.30. The van der Waals surface area contributed by atoms with Gasteiger partial charge in [-0.05, 0) is 48.5 Å². The number of ether oxygens (including phenoxy) is 2. The molecule has 1 unspecified atom stereocenters. The monoisotopic (exact) mass is 636 g/mol. The van der Waals surface area contributed by atoms with E-state index in [9.17, 15) is 18.7 Å². The Bertz CT molecular complexity index is 804. The molecule has 0 aromatic rings. The van der Waals surface area contributed by atoms with Gasteiger partial charge in [-0.1, -0.05) is 0 Å². The second-order valence-corrected chi connectivity index (χ2v) is 13.1. The van der Waals surface area contributed by atoms with Crippen LogP contribution < -0.4 is 62.0 Å². The van der Waals surface area contributed by atoms with Gasteiger partial charge in [0.1, 0.15) is 23.3 Å². The molecule has 0 fully saturated rings. The van der Waals surface area contributed by atoms with Gasteiger partial charge in [-0.2, -0.15) is 19.2 Å². The number of carbonyl (C=O) groups excluding carboxylic acids is 6. The molecule has 0 heterocycles. The molecule has 3 N–H and O–H groups in total. The van der Waals surface area contributed by atoms with Crippen LogP contribution in [0.15, 0.2) is 0 Å². The van der Waals surface area contributed by atoms with Crippen LogP contribution in [-0.4, -0.2) is 81.7 Å². The van der Waals surface area contributed by atoms with E-state index in [1.165, 1.54) is 35.4 Å². The molecular formula is C19H39KN2O15P2. The van der Waals surface area contributed by atoms with Crippen molar-refractivity contribution < 1.29 is 122 Å². The zero-order valence-corrected chi connectivity index (χ0v) is 29.3. The van der Waals surface area contributed by atoms with E-state index in [0.29, 0.717) is 0 Å². The molecule has 39 heavy (non-hydrogen) atoms. The van der Waals surface area contributed by atoms with Crippen molar-refractivity contribution in [3.8, 4) is 0 Å². The second-order valence-electron chi connectivity index (χ2n) is 8.21. The first kappa shape index (κ1) is 51.0. The van der Waals surface area contributed by atoms with E-state index in [1.807, 2.05) is 0 Å². The van der Waals surface area contributed by atoms with E-state index in [4.69, 9.17) is 37.7 Å². The van der Waals surface area contributed by atoms with E-state index < -0.39 is 44.4 Å². The Morgan fingerprint density at radius 1 is 0.744 bits per heavy atom. The summed E-state index contributed by atoms with van der Waals surface area (Å²) in [6.07, 6.45) is -1.03. The largest absolute Gasteiger partial charge is 1.00 e. The number of alkyl carbamates (subject to hydrolysis) is 2. The normalized spacial score (nSPS) is 11.1. The molecule has 0 aliphatic carbocycles. The summed E-state index contributed by atoms with van der Waals surface area (Å²) in [4.78, 5) is 55.1. The molecule has 0 bridgehead atoms. The summed E-state index contributed by atoms with van der Waals surface area (Å²) in [5.41, 5.74) is -1.19. The average Bonchev–Trinajstić information content (AvgIpc) is 2.76. The molecule has 0 aliphatic heterocycles. The minimum absolute atomic E-state index is 0. The molecule has 0 radical (unpaired) electrons. The van der Waals surface area contributed by atoms with E-state index >= 15 is 0 Å². The summed E-state index contributed by atoms with van der Waals surface area (Å²) in [5, 5.41) is 4.71. The topological polar surface area (TPSA) is 246 Å². The molecule has 0 aromatic heterocycles. The number of hydrogen-bond acceptors (Lipinski definition) is 15. The fourth-order valence-corrected chi connectivity index (χ4v) is 3.40. The maximum absolute atomic E-state index is 11.8. The molecule has 17 nitrogen and oxygen atoms in total. The zero-order valence-electron chi connectivity index (χ0n) is 24.3. The molecule has 0 aliphatic rings. The Kier molecular flexibility index (Phi) is 34.1. The quantitative estimate of drug-likeness (QED) is 0.262. The Hall–Kier alpha value is -0.804. The van der Waals surface area contributed by atoms with Crippen LogP contribution in [0.1, 0.15) is 48.5 Å². The third-order valence-corrected chi connectivity index (χ3v) is 6.83. The molecule has 20 heteroatoms. The number of amides is 2. The van der Waals surface area contributed by atoms with E-state index in [0.717, 1.165) is 0 Å². The summed E-state index contributed by atoms with van der Waals surface area (Å²) in [6.45, 7) is 11.9. The summed E-state index contributed by atoms with van der Waals surface area (Å²) in [7, 11) is -1.49. The smallest absolute Gasteiger partial charge is 0.870 e. The van der Waals surface area contributed by atoms with Gasteiger partial charge in [0.05, 0.1) is 0 Å². The van der Waals surface area contributed by atoms with Crippen molar-refractivity contribution in [3.05, 3.63) is 0 Å². The van der Waals surface area contributed by atoms with Crippen LogP contribution in [-0.2, 0) is 55.9 Å². The van der Waals surface area contributed by atoms with E-state index in [1.54, 1.807) is 41.5 Å². The second kappa shape index (κ2) is 26.1. The first-order valence-electron chi connectivity index (χ1n) is 10.1. The van der Waals surface area contributed by atoms with Gasteiger partial charge in [-0.3, -0.25) is 9.13 Å². The summed E-state index contributed by atoms with van der Waals surface area (Å²) < 4.78 is 52.0. The Morgan fingerprint density at radius 3 is 1.31 bits per heavy atom. The maximum atomic E-state index is 11.8. The van der Waals surface area contributed by atoms with Gasteiger partial charge in [0.15, 0.2) is 0 Å². The molecule has 0 saturated heterocycles. The van der Waals surface area contributed by atoms with Crippen LogP contribution in [0.2, 0.25) is 0 Å². The fourth-order valence-electron chi connectivity index (χ4n) is 1.63. The molecular weight excluding hydrogens is 597 g/mol. The van der Waals surface area contributed by atoms with Crippen LogP contribution >= 0.6 is 15.2 Å².